The number of halogens is 1. The number of methoxy groups -OCH3 is 1. The number of carbonyl (C=O) groups excluding carboxylic acids is 1. The van der Waals surface area contributed by atoms with Crippen LogP contribution >= 0.6 is 15.9 Å². The summed E-state index contributed by atoms with van der Waals surface area (Å²) in [7, 11) is 1.63. The van der Waals surface area contributed by atoms with Gasteiger partial charge in [0.2, 0.25) is 5.91 Å². The molecule has 0 saturated carbocycles. The number of hydrogen-bond donors (Lipinski definition) is 2. The molecule has 0 fully saturated rings. The van der Waals surface area contributed by atoms with Gasteiger partial charge in [0, 0.05) is 11.0 Å². The zero-order valence-corrected chi connectivity index (χ0v) is 13.3. The SMILES string of the molecule is COc1cccc(CN[C@@H](C(N)=O)c2ccc(Br)cc2)c1. The van der Waals surface area contributed by atoms with Crippen molar-refractivity contribution in [3.63, 3.8) is 0 Å². The fraction of sp³-hybridized carbons (Fsp3) is 0.188. The van der Waals surface area contributed by atoms with Crippen molar-refractivity contribution in [2.75, 3.05) is 7.11 Å². The molecule has 1 atom stereocenters. The maximum absolute atomic E-state index is 11.7. The van der Waals surface area contributed by atoms with Crippen molar-refractivity contribution in [1.29, 1.82) is 0 Å². The van der Waals surface area contributed by atoms with E-state index in [1.165, 1.54) is 0 Å². The summed E-state index contributed by atoms with van der Waals surface area (Å²) in [5.41, 5.74) is 7.36. The van der Waals surface area contributed by atoms with Crippen LogP contribution in [0.3, 0.4) is 0 Å². The highest BCUT2D eigenvalue weighted by molar-refractivity contribution is 9.10. The van der Waals surface area contributed by atoms with Crippen molar-refractivity contribution in [3.8, 4) is 5.75 Å². The Balaban J connectivity index is 2.10. The summed E-state index contributed by atoms with van der Waals surface area (Å²) < 4.78 is 6.14. The Labute approximate surface area is 132 Å². The molecule has 0 unspecified atom stereocenters. The second kappa shape index (κ2) is 7.24. The van der Waals surface area contributed by atoms with Gasteiger partial charge in [0.1, 0.15) is 11.8 Å². The third-order valence-electron chi connectivity index (χ3n) is 3.13. The molecular formula is C16H17BrN2O2. The third kappa shape index (κ3) is 4.31. The lowest BCUT2D eigenvalue weighted by Crippen LogP contribution is -2.33. The van der Waals surface area contributed by atoms with Crippen LogP contribution < -0.4 is 15.8 Å². The summed E-state index contributed by atoms with van der Waals surface area (Å²) in [6, 6.07) is 14.7. The van der Waals surface area contributed by atoms with Crippen molar-refractivity contribution in [2.24, 2.45) is 5.73 Å². The number of hydrogen-bond acceptors (Lipinski definition) is 3. The van der Waals surface area contributed by atoms with Crippen LogP contribution in [0.4, 0.5) is 0 Å². The quantitative estimate of drug-likeness (QED) is 0.843. The van der Waals surface area contributed by atoms with Crippen LogP contribution in [-0.4, -0.2) is 13.0 Å². The highest BCUT2D eigenvalue weighted by Crippen LogP contribution is 2.18. The van der Waals surface area contributed by atoms with Gasteiger partial charge in [-0.05, 0) is 35.4 Å². The van der Waals surface area contributed by atoms with Crippen molar-refractivity contribution < 1.29 is 9.53 Å². The van der Waals surface area contributed by atoms with Gasteiger partial charge in [0.15, 0.2) is 0 Å². The maximum Gasteiger partial charge on any atom is 0.239 e. The van der Waals surface area contributed by atoms with Gasteiger partial charge >= 0.3 is 0 Å². The molecular weight excluding hydrogens is 332 g/mol. The lowest BCUT2D eigenvalue weighted by molar-refractivity contribution is -0.120. The second-order valence-corrected chi connectivity index (χ2v) is 5.54. The first kappa shape index (κ1) is 15.5. The molecule has 0 saturated heterocycles. The normalized spacial score (nSPS) is 11.9. The fourth-order valence-electron chi connectivity index (χ4n) is 2.04. The number of nitrogens with one attached hydrogen (secondary N) is 1. The Kier molecular flexibility index (Phi) is 5.36. The van der Waals surface area contributed by atoms with Crippen LogP contribution in [0.25, 0.3) is 0 Å². The van der Waals surface area contributed by atoms with Crippen LogP contribution in [0.2, 0.25) is 0 Å². The number of ether oxygens (including phenoxy) is 1. The number of amides is 1. The van der Waals surface area contributed by atoms with Crippen molar-refractivity contribution >= 4 is 21.8 Å². The Morgan fingerprint density at radius 2 is 2.00 bits per heavy atom. The molecule has 0 aliphatic carbocycles. The molecule has 0 radical (unpaired) electrons. The maximum atomic E-state index is 11.7. The number of nitrogens with two attached hydrogens (primary N) is 1. The Bertz CT molecular complexity index is 614. The van der Waals surface area contributed by atoms with E-state index >= 15 is 0 Å². The molecule has 21 heavy (non-hydrogen) atoms. The first-order valence-electron chi connectivity index (χ1n) is 6.51. The predicted molar refractivity (Wildman–Crippen MR) is 85.9 cm³/mol. The molecule has 4 nitrogen and oxygen atoms in total. The minimum absolute atomic E-state index is 0.403. The molecule has 0 heterocycles. The Morgan fingerprint density at radius 3 is 2.62 bits per heavy atom. The Morgan fingerprint density at radius 1 is 1.29 bits per heavy atom. The molecule has 0 bridgehead atoms. The minimum atomic E-state index is -0.524. The Hall–Kier alpha value is -1.85. The van der Waals surface area contributed by atoms with E-state index in [0.29, 0.717) is 6.54 Å². The van der Waals surface area contributed by atoms with Gasteiger partial charge < -0.3 is 10.5 Å². The molecule has 1 amide bonds. The largest absolute Gasteiger partial charge is 0.497 e. The van der Waals surface area contributed by atoms with Crippen LogP contribution in [0.1, 0.15) is 17.2 Å². The number of rotatable bonds is 6. The van der Waals surface area contributed by atoms with Gasteiger partial charge in [-0.25, -0.2) is 0 Å². The molecule has 0 spiro atoms. The molecule has 2 aromatic rings. The monoisotopic (exact) mass is 348 g/mol. The third-order valence-corrected chi connectivity index (χ3v) is 3.66. The van der Waals surface area contributed by atoms with Crippen LogP contribution in [0, 0.1) is 0 Å². The zero-order valence-electron chi connectivity index (χ0n) is 11.7. The van der Waals surface area contributed by atoms with Gasteiger partial charge in [0.05, 0.1) is 7.11 Å². The van der Waals surface area contributed by atoms with Crippen LogP contribution in [0.5, 0.6) is 5.75 Å². The highest BCUT2D eigenvalue weighted by atomic mass is 79.9. The van der Waals surface area contributed by atoms with Gasteiger partial charge in [-0.3, -0.25) is 10.1 Å². The predicted octanol–water partition coefficient (Wildman–Crippen LogP) is 2.77. The summed E-state index contributed by atoms with van der Waals surface area (Å²) in [6.07, 6.45) is 0. The summed E-state index contributed by atoms with van der Waals surface area (Å²) >= 11 is 3.37. The van der Waals surface area contributed by atoms with Gasteiger partial charge in [0.25, 0.3) is 0 Å². The van der Waals surface area contributed by atoms with E-state index in [9.17, 15) is 4.79 Å². The van der Waals surface area contributed by atoms with Crippen molar-refractivity contribution in [2.45, 2.75) is 12.6 Å². The molecule has 2 rings (SSSR count). The molecule has 2 aromatic carbocycles. The minimum Gasteiger partial charge on any atom is -0.497 e. The summed E-state index contributed by atoms with van der Waals surface area (Å²) in [6.45, 7) is 0.529. The van der Waals surface area contributed by atoms with E-state index in [1.54, 1.807) is 7.11 Å². The lowest BCUT2D eigenvalue weighted by Gasteiger charge is -2.16. The molecule has 3 N–H and O–H groups in total. The smallest absolute Gasteiger partial charge is 0.239 e. The van der Waals surface area contributed by atoms with Gasteiger partial charge in [-0.15, -0.1) is 0 Å². The van der Waals surface area contributed by atoms with E-state index in [1.807, 2.05) is 48.5 Å². The first-order valence-corrected chi connectivity index (χ1v) is 7.30. The van der Waals surface area contributed by atoms with E-state index in [-0.39, 0.29) is 0 Å². The van der Waals surface area contributed by atoms with Gasteiger partial charge in [-0.1, -0.05) is 40.2 Å². The van der Waals surface area contributed by atoms with Crippen molar-refractivity contribution in [1.82, 2.24) is 5.32 Å². The second-order valence-electron chi connectivity index (χ2n) is 4.62. The molecule has 5 heteroatoms. The summed E-state index contributed by atoms with van der Waals surface area (Å²) in [4.78, 5) is 11.7. The number of benzene rings is 2. The van der Waals surface area contributed by atoms with Crippen LogP contribution in [0.15, 0.2) is 53.0 Å². The van der Waals surface area contributed by atoms with Gasteiger partial charge in [-0.2, -0.15) is 0 Å². The van der Waals surface area contributed by atoms with E-state index in [0.717, 1.165) is 21.3 Å². The number of primary amides is 1. The standard InChI is InChI=1S/C16H17BrN2O2/c1-21-14-4-2-3-11(9-14)10-19-15(16(18)20)12-5-7-13(17)8-6-12/h2-9,15,19H,10H2,1H3,(H2,18,20)/t15-/m1/s1. The molecule has 110 valence electrons. The summed E-state index contributed by atoms with van der Waals surface area (Å²) in [5.74, 6) is 0.383. The molecule has 0 aliphatic rings. The fourth-order valence-corrected chi connectivity index (χ4v) is 2.30. The topological polar surface area (TPSA) is 64.3 Å². The average Bonchev–Trinajstić information content (AvgIpc) is 2.49. The highest BCUT2D eigenvalue weighted by Gasteiger charge is 2.16. The van der Waals surface area contributed by atoms with Crippen molar-refractivity contribution in [3.05, 3.63) is 64.1 Å². The van der Waals surface area contributed by atoms with E-state index in [4.69, 9.17) is 10.5 Å². The summed E-state index contributed by atoms with van der Waals surface area (Å²) in [5, 5.41) is 3.18. The van der Waals surface area contributed by atoms with Crippen LogP contribution in [-0.2, 0) is 11.3 Å². The lowest BCUT2D eigenvalue weighted by atomic mass is 10.1. The molecule has 0 aromatic heterocycles. The molecule has 0 aliphatic heterocycles. The van der Waals surface area contributed by atoms with E-state index in [2.05, 4.69) is 21.2 Å². The number of carbonyl (C=O) groups is 1. The average molecular weight is 349 g/mol. The zero-order chi connectivity index (χ0) is 15.2. The first-order chi connectivity index (χ1) is 10.1. The van der Waals surface area contributed by atoms with E-state index < -0.39 is 11.9 Å².